The van der Waals surface area contributed by atoms with Gasteiger partial charge in [-0.1, -0.05) is 38.1 Å². The highest BCUT2D eigenvalue weighted by molar-refractivity contribution is 5.95. The highest BCUT2D eigenvalue weighted by Gasteiger charge is 2.35. The Kier molecular flexibility index (Phi) is 5.59. The molecule has 3 rings (SSSR count). The lowest BCUT2D eigenvalue weighted by Crippen LogP contribution is -2.60. The van der Waals surface area contributed by atoms with Crippen LogP contribution in [0.3, 0.4) is 0 Å². The van der Waals surface area contributed by atoms with E-state index in [0.717, 1.165) is 0 Å². The lowest BCUT2D eigenvalue weighted by Gasteiger charge is -2.37. The average Bonchev–Trinajstić information content (AvgIpc) is 2.64. The lowest BCUT2D eigenvalue weighted by molar-refractivity contribution is -0.129. The number of halogens is 1. The largest absolute Gasteiger partial charge is 0.455 e. The van der Waals surface area contributed by atoms with Crippen molar-refractivity contribution < 1.29 is 18.7 Å². The van der Waals surface area contributed by atoms with Gasteiger partial charge in [0.1, 0.15) is 17.5 Å². The summed E-state index contributed by atoms with van der Waals surface area (Å²) in [6, 6.07) is 12.1. The second kappa shape index (κ2) is 8.07. The van der Waals surface area contributed by atoms with Gasteiger partial charge in [0.25, 0.3) is 0 Å². The number of urea groups is 1. The minimum absolute atomic E-state index is 0.0557. The molecule has 0 aromatic heterocycles. The lowest BCUT2D eigenvalue weighted by atomic mass is 10.00. The maximum Gasteiger partial charge on any atom is 0.322 e. The van der Waals surface area contributed by atoms with E-state index in [1.807, 2.05) is 19.9 Å². The molecule has 0 saturated carbocycles. The number of rotatable bonds is 4. The number of hydrogen-bond donors (Lipinski definition) is 2. The number of anilines is 1. The van der Waals surface area contributed by atoms with E-state index in [1.54, 1.807) is 30.3 Å². The first-order chi connectivity index (χ1) is 13.0. The van der Waals surface area contributed by atoms with Gasteiger partial charge in [-0.15, -0.1) is 0 Å². The second-order valence-electron chi connectivity index (χ2n) is 6.63. The number of nitrogens with zero attached hydrogens (tertiary/aromatic N) is 1. The van der Waals surface area contributed by atoms with Crippen molar-refractivity contribution in [1.29, 1.82) is 0 Å². The van der Waals surface area contributed by atoms with Crippen LogP contribution in [-0.4, -0.2) is 36.0 Å². The minimum Gasteiger partial charge on any atom is -0.455 e. The number of carbonyl (C=O) groups is 2. The smallest absolute Gasteiger partial charge is 0.322 e. The molecule has 2 N–H and O–H groups in total. The molecule has 2 aromatic rings. The number of nitrogens with one attached hydrogen (secondary N) is 2. The van der Waals surface area contributed by atoms with Gasteiger partial charge < -0.3 is 20.3 Å². The Morgan fingerprint density at radius 2 is 1.96 bits per heavy atom. The Labute approximate surface area is 157 Å². The predicted octanol–water partition coefficient (Wildman–Crippen LogP) is 3.61. The predicted molar refractivity (Wildman–Crippen MR) is 100 cm³/mol. The highest BCUT2D eigenvalue weighted by Crippen LogP contribution is 2.32. The van der Waals surface area contributed by atoms with Crippen molar-refractivity contribution in [3.8, 4) is 11.5 Å². The van der Waals surface area contributed by atoms with E-state index in [4.69, 9.17) is 4.74 Å². The van der Waals surface area contributed by atoms with Crippen molar-refractivity contribution in [1.82, 2.24) is 10.2 Å². The molecular weight excluding hydrogens is 349 g/mol. The first kappa shape index (κ1) is 18.7. The van der Waals surface area contributed by atoms with Gasteiger partial charge in [-0.05, 0) is 30.2 Å². The van der Waals surface area contributed by atoms with E-state index in [9.17, 15) is 14.0 Å². The molecule has 3 amide bonds. The van der Waals surface area contributed by atoms with Crippen molar-refractivity contribution in [2.45, 2.75) is 19.9 Å². The summed E-state index contributed by atoms with van der Waals surface area (Å²) >= 11 is 0. The van der Waals surface area contributed by atoms with E-state index in [2.05, 4.69) is 10.6 Å². The summed E-state index contributed by atoms with van der Waals surface area (Å²) in [7, 11) is 0. The van der Waals surface area contributed by atoms with Crippen molar-refractivity contribution >= 4 is 17.6 Å². The molecule has 27 heavy (non-hydrogen) atoms. The third-order valence-electron chi connectivity index (χ3n) is 4.33. The fourth-order valence-electron chi connectivity index (χ4n) is 3.08. The summed E-state index contributed by atoms with van der Waals surface area (Å²) < 4.78 is 20.1. The molecule has 1 atom stereocenters. The molecule has 2 aromatic carbocycles. The normalized spacial score (nSPS) is 16.8. The number of piperazine rings is 1. The van der Waals surface area contributed by atoms with Gasteiger partial charge in [0.15, 0.2) is 11.6 Å². The summed E-state index contributed by atoms with van der Waals surface area (Å²) in [6.07, 6.45) is 0. The van der Waals surface area contributed by atoms with Gasteiger partial charge in [0.2, 0.25) is 5.91 Å². The number of amides is 3. The molecule has 6 nitrogen and oxygen atoms in total. The molecule has 142 valence electrons. The van der Waals surface area contributed by atoms with Gasteiger partial charge in [0.05, 0.1) is 0 Å². The Hall–Kier alpha value is -3.09. The Morgan fingerprint density at radius 3 is 2.67 bits per heavy atom. The minimum atomic E-state index is -0.612. The third kappa shape index (κ3) is 4.19. The second-order valence-corrected chi connectivity index (χ2v) is 6.63. The molecular formula is C20H22FN3O3. The average molecular weight is 371 g/mol. The molecule has 1 heterocycles. The zero-order chi connectivity index (χ0) is 19.4. The van der Waals surface area contributed by atoms with Crippen LogP contribution in [0.25, 0.3) is 0 Å². The first-order valence-electron chi connectivity index (χ1n) is 8.84. The van der Waals surface area contributed by atoms with Crippen molar-refractivity contribution in [3.05, 3.63) is 54.3 Å². The Balaban J connectivity index is 1.84. The van der Waals surface area contributed by atoms with Crippen molar-refractivity contribution in [2.75, 3.05) is 18.4 Å². The number of carbonyl (C=O) groups excluding carboxylic acids is 2. The molecule has 0 spiro atoms. The van der Waals surface area contributed by atoms with Gasteiger partial charge >= 0.3 is 6.03 Å². The molecule has 0 aliphatic carbocycles. The van der Waals surface area contributed by atoms with Crippen LogP contribution in [0.1, 0.15) is 13.8 Å². The number of ether oxygens (including phenoxy) is 1. The molecule has 0 bridgehead atoms. The van der Waals surface area contributed by atoms with E-state index < -0.39 is 17.9 Å². The maximum atomic E-state index is 14.4. The molecule has 1 unspecified atom stereocenters. The Morgan fingerprint density at radius 1 is 1.22 bits per heavy atom. The van der Waals surface area contributed by atoms with Crippen LogP contribution in [-0.2, 0) is 4.79 Å². The summed E-state index contributed by atoms with van der Waals surface area (Å²) in [5.74, 6) is -0.176. The SMILES string of the molecule is CC(C)C1C(=O)NCCN1C(=O)Nc1c(F)cccc1Oc1ccccc1. The fourth-order valence-corrected chi connectivity index (χ4v) is 3.08. The zero-order valence-electron chi connectivity index (χ0n) is 15.2. The van der Waals surface area contributed by atoms with E-state index in [0.29, 0.717) is 18.8 Å². The summed E-state index contributed by atoms with van der Waals surface area (Å²) in [6.45, 7) is 4.44. The molecule has 7 heteroatoms. The van der Waals surface area contributed by atoms with E-state index >= 15 is 0 Å². The van der Waals surface area contributed by atoms with Crippen LogP contribution in [0.15, 0.2) is 48.5 Å². The van der Waals surface area contributed by atoms with Crippen LogP contribution in [0, 0.1) is 11.7 Å². The Bertz CT molecular complexity index is 826. The molecule has 1 fully saturated rings. The fraction of sp³-hybridized carbons (Fsp3) is 0.300. The molecule has 0 radical (unpaired) electrons. The number of hydrogen-bond acceptors (Lipinski definition) is 3. The molecule has 1 aliphatic heterocycles. The van der Waals surface area contributed by atoms with Crippen molar-refractivity contribution in [3.63, 3.8) is 0 Å². The van der Waals surface area contributed by atoms with Crippen molar-refractivity contribution in [2.24, 2.45) is 5.92 Å². The third-order valence-corrected chi connectivity index (χ3v) is 4.33. The number of para-hydroxylation sites is 2. The quantitative estimate of drug-likeness (QED) is 0.863. The zero-order valence-corrected chi connectivity index (χ0v) is 15.2. The van der Waals surface area contributed by atoms with Crippen LogP contribution in [0.4, 0.5) is 14.9 Å². The topological polar surface area (TPSA) is 70.7 Å². The first-order valence-corrected chi connectivity index (χ1v) is 8.84. The van der Waals surface area contributed by atoms with E-state index in [1.165, 1.54) is 17.0 Å². The molecule has 1 aliphatic rings. The van der Waals surface area contributed by atoms with Gasteiger partial charge in [-0.25, -0.2) is 9.18 Å². The van der Waals surface area contributed by atoms with Crippen LogP contribution in [0.5, 0.6) is 11.5 Å². The summed E-state index contributed by atoms with van der Waals surface area (Å²) in [5, 5.41) is 5.34. The van der Waals surface area contributed by atoms with Gasteiger partial charge in [0, 0.05) is 13.1 Å². The number of benzene rings is 2. The van der Waals surface area contributed by atoms with Gasteiger partial charge in [-0.3, -0.25) is 4.79 Å². The van der Waals surface area contributed by atoms with E-state index in [-0.39, 0.29) is 23.3 Å². The standard InChI is InChI=1S/C20H22FN3O3/c1-13(2)18-19(25)22-11-12-24(18)20(26)23-17-15(21)9-6-10-16(17)27-14-7-4-3-5-8-14/h3-10,13,18H,11-12H2,1-2H3,(H,22,25)(H,23,26). The monoisotopic (exact) mass is 371 g/mol. The molecule has 1 saturated heterocycles. The highest BCUT2D eigenvalue weighted by atomic mass is 19.1. The maximum absolute atomic E-state index is 14.4. The van der Waals surface area contributed by atoms with Gasteiger partial charge in [-0.2, -0.15) is 0 Å². The van der Waals surface area contributed by atoms with Crippen LogP contribution >= 0.6 is 0 Å². The summed E-state index contributed by atoms with van der Waals surface area (Å²) in [5.41, 5.74) is -0.0557. The van der Waals surface area contributed by atoms with Crippen LogP contribution in [0.2, 0.25) is 0 Å². The summed E-state index contributed by atoms with van der Waals surface area (Å²) in [4.78, 5) is 26.4. The van der Waals surface area contributed by atoms with Crippen LogP contribution < -0.4 is 15.4 Å².